The molecule has 0 fully saturated rings. The largest absolute Gasteiger partial charge is 0.486 e. The molecule has 1 N–H and O–H groups in total. The van der Waals surface area contributed by atoms with E-state index in [1.165, 1.54) is 0 Å². The summed E-state index contributed by atoms with van der Waals surface area (Å²) in [6, 6.07) is 6.90. The van der Waals surface area contributed by atoms with Crippen molar-refractivity contribution in [3.05, 3.63) is 34.3 Å². The van der Waals surface area contributed by atoms with Gasteiger partial charge in [-0.05, 0) is 24.3 Å². The van der Waals surface area contributed by atoms with Gasteiger partial charge in [0.2, 0.25) is 15.2 Å². The van der Waals surface area contributed by atoms with Gasteiger partial charge in [0.1, 0.15) is 12.4 Å². The summed E-state index contributed by atoms with van der Waals surface area (Å²) in [5.41, 5.74) is 0. The number of ether oxygens (including phenoxy) is 1. The van der Waals surface area contributed by atoms with Crippen LogP contribution in [0.1, 0.15) is 5.01 Å². The van der Waals surface area contributed by atoms with E-state index in [0.717, 1.165) is 17.6 Å². The summed E-state index contributed by atoms with van der Waals surface area (Å²) in [4.78, 5) is 0. The molecule has 1 aromatic heterocycles. The predicted molar refractivity (Wildman–Crippen MR) is 74.2 cm³/mol. The highest BCUT2D eigenvalue weighted by molar-refractivity contribution is 7.92. The number of nitrogens with zero attached hydrogens (tertiary/aromatic N) is 2. The van der Waals surface area contributed by atoms with Gasteiger partial charge in [0.15, 0.2) is 5.01 Å². The Morgan fingerprint density at radius 1 is 1.32 bits per heavy atom. The number of anilines is 1. The second-order valence-corrected chi connectivity index (χ2v) is 6.86. The molecule has 6 nitrogen and oxygen atoms in total. The maximum absolute atomic E-state index is 11.0. The summed E-state index contributed by atoms with van der Waals surface area (Å²) in [6.45, 7) is 0.213. The van der Waals surface area contributed by atoms with E-state index < -0.39 is 10.0 Å². The number of hydrogen-bond donors (Lipinski definition) is 1. The SMILES string of the molecule is CS(=O)(=O)Nc1nnc(COc2ccc(Cl)cc2)s1. The van der Waals surface area contributed by atoms with E-state index in [9.17, 15) is 8.42 Å². The van der Waals surface area contributed by atoms with E-state index in [0.29, 0.717) is 15.8 Å². The molecule has 102 valence electrons. The van der Waals surface area contributed by atoms with E-state index >= 15 is 0 Å². The minimum atomic E-state index is -3.33. The van der Waals surface area contributed by atoms with Crippen molar-refractivity contribution in [2.24, 2.45) is 0 Å². The molecule has 1 aromatic carbocycles. The Labute approximate surface area is 119 Å². The van der Waals surface area contributed by atoms with Crippen LogP contribution in [0.25, 0.3) is 0 Å². The van der Waals surface area contributed by atoms with Crippen molar-refractivity contribution in [1.82, 2.24) is 10.2 Å². The molecule has 9 heteroatoms. The number of nitrogens with one attached hydrogen (secondary N) is 1. The van der Waals surface area contributed by atoms with Gasteiger partial charge in [0, 0.05) is 5.02 Å². The first kappa shape index (κ1) is 14.0. The molecule has 19 heavy (non-hydrogen) atoms. The van der Waals surface area contributed by atoms with Gasteiger partial charge in [-0.2, -0.15) is 0 Å². The molecule has 0 aliphatic rings. The number of halogens is 1. The fraction of sp³-hybridized carbons (Fsp3) is 0.200. The van der Waals surface area contributed by atoms with Gasteiger partial charge in [-0.1, -0.05) is 22.9 Å². The second-order valence-electron chi connectivity index (χ2n) is 3.62. The van der Waals surface area contributed by atoms with E-state index in [1.807, 2.05) is 0 Å². The summed E-state index contributed by atoms with van der Waals surface area (Å²) < 4.78 is 29.7. The molecule has 2 rings (SSSR count). The zero-order valence-electron chi connectivity index (χ0n) is 9.83. The number of hydrogen-bond acceptors (Lipinski definition) is 6. The van der Waals surface area contributed by atoms with Crippen LogP contribution in [0.15, 0.2) is 24.3 Å². The van der Waals surface area contributed by atoms with Crippen LogP contribution < -0.4 is 9.46 Å². The van der Waals surface area contributed by atoms with Crippen LogP contribution in [-0.4, -0.2) is 24.9 Å². The van der Waals surface area contributed by atoms with Crippen molar-refractivity contribution >= 4 is 38.1 Å². The topological polar surface area (TPSA) is 81.2 Å². The number of benzene rings is 1. The Morgan fingerprint density at radius 3 is 2.63 bits per heavy atom. The first-order valence-corrected chi connectivity index (χ1v) is 8.19. The maximum Gasteiger partial charge on any atom is 0.231 e. The number of sulfonamides is 1. The van der Waals surface area contributed by atoms with Crippen LogP contribution in [0, 0.1) is 0 Å². The van der Waals surface area contributed by atoms with Gasteiger partial charge < -0.3 is 4.74 Å². The van der Waals surface area contributed by atoms with Crippen molar-refractivity contribution in [3.63, 3.8) is 0 Å². The van der Waals surface area contributed by atoms with Crippen LogP contribution in [0.3, 0.4) is 0 Å². The first-order chi connectivity index (χ1) is 8.92. The van der Waals surface area contributed by atoms with Crippen molar-refractivity contribution in [1.29, 1.82) is 0 Å². The molecular weight excluding hydrogens is 310 g/mol. The quantitative estimate of drug-likeness (QED) is 0.913. The Hall–Kier alpha value is -1.38. The Kier molecular flexibility index (Phi) is 4.23. The van der Waals surface area contributed by atoms with Gasteiger partial charge in [-0.25, -0.2) is 8.42 Å². The van der Waals surface area contributed by atoms with E-state index in [4.69, 9.17) is 16.3 Å². The Morgan fingerprint density at radius 2 is 2.00 bits per heavy atom. The lowest BCUT2D eigenvalue weighted by molar-refractivity contribution is 0.304. The van der Waals surface area contributed by atoms with Crippen LogP contribution >= 0.6 is 22.9 Å². The fourth-order valence-electron chi connectivity index (χ4n) is 1.19. The Balaban J connectivity index is 1.95. The van der Waals surface area contributed by atoms with E-state index in [1.54, 1.807) is 24.3 Å². The first-order valence-electron chi connectivity index (χ1n) is 5.11. The molecule has 0 atom stereocenters. The summed E-state index contributed by atoms with van der Waals surface area (Å²) in [6.07, 6.45) is 1.05. The standard InChI is InChI=1S/C10H10ClN3O3S2/c1-19(15,16)14-10-13-12-9(18-10)6-17-8-4-2-7(11)3-5-8/h2-5H,6H2,1H3,(H,13,14). The summed E-state index contributed by atoms with van der Waals surface area (Å²) in [7, 11) is -3.33. The summed E-state index contributed by atoms with van der Waals surface area (Å²) in [5, 5.41) is 8.95. The minimum absolute atomic E-state index is 0.213. The number of aromatic nitrogens is 2. The Bertz CT molecular complexity index is 655. The molecule has 0 saturated heterocycles. The lowest BCUT2D eigenvalue weighted by Gasteiger charge is -2.02. The van der Waals surface area contributed by atoms with Crippen molar-refractivity contribution < 1.29 is 13.2 Å². The summed E-state index contributed by atoms with van der Waals surface area (Å²) >= 11 is 6.87. The van der Waals surface area contributed by atoms with Crippen molar-refractivity contribution in [2.45, 2.75) is 6.61 Å². The monoisotopic (exact) mass is 319 g/mol. The third-order valence-electron chi connectivity index (χ3n) is 1.92. The molecule has 2 aromatic rings. The normalized spacial score (nSPS) is 11.3. The van der Waals surface area contributed by atoms with Crippen LogP contribution in [0.2, 0.25) is 5.02 Å². The van der Waals surface area contributed by atoms with E-state index in [-0.39, 0.29) is 11.7 Å². The highest BCUT2D eigenvalue weighted by Gasteiger charge is 2.09. The molecule has 0 aliphatic heterocycles. The molecule has 0 radical (unpaired) electrons. The van der Waals surface area contributed by atoms with Crippen molar-refractivity contribution in [2.75, 3.05) is 11.0 Å². The highest BCUT2D eigenvalue weighted by atomic mass is 35.5. The fourth-order valence-corrected chi connectivity index (χ4v) is 2.80. The van der Waals surface area contributed by atoms with Crippen LogP contribution in [0.4, 0.5) is 5.13 Å². The zero-order valence-corrected chi connectivity index (χ0v) is 12.2. The molecule has 1 heterocycles. The third-order valence-corrected chi connectivity index (χ3v) is 3.67. The zero-order chi connectivity index (χ0) is 13.9. The number of rotatable bonds is 5. The molecule has 0 aliphatic carbocycles. The molecule has 0 saturated carbocycles. The van der Waals surface area contributed by atoms with Crippen LogP contribution in [-0.2, 0) is 16.6 Å². The van der Waals surface area contributed by atoms with Gasteiger partial charge >= 0.3 is 0 Å². The van der Waals surface area contributed by atoms with Gasteiger partial charge in [-0.3, -0.25) is 4.72 Å². The molecule has 0 amide bonds. The predicted octanol–water partition coefficient (Wildman–Crippen LogP) is 2.14. The van der Waals surface area contributed by atoms with Gasteiger partial charge in [-0.15, -0.1) is 10.2 Å². The van der Waals surface area contributed by atoms with Crippen LogP contribution in [0.5, 0.6) is 5.75 Å². The smallest absolute Gasteiger partial charge is 0.231 e. The lowest BCUT2D eigenvalue weighted by atomic mass is 10.3. The molecule has 0 unspecified atom stereocenters. The third kappa shape index (κ3) is 4.66. The molecule has 0 spiro atoms. The van der Waals surface area contributed by atoms with Crippen molar-refractivity contribution in [3.8, 4) is 5.75 Å². The van der Waals surface area contributed by atoms with E-state index in [2.05, 4.69) is 14.9 Å². The highest BCUT2D eigenvalue weighted by Crippen LogP contribution is 2.20. The second kappa shape index (κ2) is 5.72. The van der Waals surface area contributed by atoms with Gasteiger partial charge in [0.25, 0.3) is 0 Å². The molecular formula is C10H10ClN3O3S2. The maximum atomic E-state index is 11.0. The molecule has 0 bridgehead atoms. The average Bonchev–Trinajstić information content (AvgIpc) is 2.73. The average molecular weight is 320 g/mol. The summed E-state index contributed by atoms with van der Waals surface area (Å²) in [5.74, 6) is 0.650. The minimum Gasteiger partial charge on any atom is -0.486 e. The van der Waals surface area contributed by atoms with Gasteiger partial charge in [0.05, 0.1) is 6.26 Å². The lowest BCUT2D eigenvalue weighted by Crippen LogP contribution is -2.08.